The van der Waals surface area contributed by atoms with E-state index in [0.29, 0.717) is 5.92 Å². The van der Waals surface area contributed by atoms with Crippen molar-refractivity contribution in [3.05, 3.63) is 236 Å². The van der Waals surface area contributed by atoms with E-state index in [2.05, 4.69) is 160 Å². The minimum atomic E-state index is -0.513. The van der Waals surface area contributed by atoms with Crippen molar-refractivity contribution in [2.75, 3.05) is 5.32 Å². The predicted octanol–water partition coefficient (Wildman–Crippen LogP) is 15.9. The molecule has 0 radical (unpaired) electrons. The summed E-state index contributed by atoms with van der Waals surface area (Å²) in [5.74, 6) is 0.575. The summed E-state index contributed by atoms with van der Waals surface area (Å²) in [7, 11) is 0. The molecule has 0 heterocycles. The molecule has 0 saturated carbocycles. The molecule has 2 aliphatic rings. The zero-order valence-corrected chi connectivity index (χ0v) is 36.2. The van der Waals surface area contributed by atoms with E-state index in [9.17, 15) is 0 Å². The third kappa shape index (κ3) is 21.3. The Labute approximate surface area is 343 Å². The highest BCUT2D eigenvalue weighted by molar-refractivity contribution is 5.51. The number of nitrogens with one attached hydrogen (secondary N) is 2. The van der Waals surface area contributed by atoms with Gasteiger partial charge in [-0.05, 0) is 106 Å². The molecule has 0 bridgehead atoms. The molecule has 298 valence electrons. The summed E-state index contributed by atoms with van der Waals surface area (Å²) in [6.45, 7) is 34.8. The third-order valence-electron chi connectivity index (χ3n) is 8.23. The summed E-state index contributed by atoms with van der Waals surface area (Å²) in [5.41, 5.74) is 7.71. The Morgan fingerprint density at radius 3 is 2.09 bits per heavy atom. The number of anilines is 1. The van der Waals surface area contributed by atoms with Crippen LogP contribution in [0.25, 0.3) is 0 Å². The number of para-hydroxylation sites is 1. The molecule has 0 amide bonds. The first-order valence-electron chi connectivity index (χ1n) is 20.1. The molecule has 1 aromatic rings. The largest absolute Gasteiger partial charge is 0.372 e. The van der Waals surface area contributed by atoms with Gasteiger partial charge in [0.2, 0.25) is 0 Å². The van der Waals surface area contributed by atoms with Crippen molar-refractivity contribution in [1.29, 1.82) is 0 Å². The maximum Gasteiger partial charge on any atom is 0.0778 e. The molecule has 2 atom stereocenters. The van der Waals surface area contributed by atoms with Crippen LogP contribution in [-0.4, -0.2) is 5.54 Å². The second-order valence-electron chi connectivity index (χ2n) is 12.7. The lowest BCUT2D eigenvalue weighted by Crippen LogP contribution is -2.41. The van der Waals surface area contributed by atoms with Gasteiger partial charge in [0, 0.05) is 11.4 Å². The maximum atomic E-state index is 4.40. The number of hydrogen-bond acceptors (Lipinski definition) is 2. The lowest BCUT2D eigenvalue weighted by atomic mass is 9.89. The van der Waals surface area contributed by atoms with E-state index in [1.807, 2.05) is 109 Å². The normalized spacial score (nSPS) is 16.4. The molecule has 2 unspecified atom stereocenters. The highest BCUT2D eigenvalue weighted by Gasteiger charge is 2.25. The van der Waals surface area contributed by atoms with Crippen LogP contribution in [0, 0.1) is 5.92 Å². The van der Waals surface area contributed by atoms with Gasteiger partial charge in [-0.2, -0.15) is 0 Å². The van der Waals surface area contributed by atoms with E-state index in [1.54, 1.807) is 0 Å². The first-order chi connectivity index (χ1) is 27.1. The van der Waals surface area contributed by atoms with Crippen LogP contribution in [0.4, 0.5) is 5.69 Å². The van der Waals surface area contributed by atoms with E-state index < -0.39 is 5.54 Å². The highest BCUT2D eigenvalue weighted by Crippen LogP contribution is 2.28. The molecule has 3 rings (SSSR count). The monoisotopic (exact) mass is 749 g/mol. The van der Waals surface area contributed by atoms with Gasteiger partial charge in [-0.25, -0.2) is 0 Å². The summed E-state index contributed by atoms with van der Waals surface area (Å²) in [6, 6.07) is 10.2. The minimum absolute atomic E-state index is 0.513. The Bertz CT molecular complexity index is 1750. The second kappa shape index (κ2) is 31.7. The molecule has 0 aromatic heterocycles. The van der Waals surface area contributed by atoms with Crippen LogP contribution in [0.1, 0.15) is 81.6 Å². The van der Waals surface area contributed by atoms with Gasteiger partial charge in [0.1, 0.15) is 0 Å². The van der Waals surface area contributed by atoms with Crippen molar-refractivity contribution in [2.45, 2.75) is 87.1 Å². The molecule has 0 spiro atoms. The number of benzene rings is 1. The van der Waals surface area contributed by atoms with Crippen molar-refractivity contribution in [2.24, 2.45) is 5.92 Å². The summed E-state index contributed by atoms with van der Waals surface area (Å²) in [4.78, 5) is 0. The molecular formula is C54H72N2. The van der Waals surface area contributed by atoms with Crippen LogP contribution in [-0.2, 0) is 0 Å². The molecule has 0 saturated heterocycles. The summed E-state index contributed by atoms with van der Waals surface area (Å²) >= 11 is 0. The van der Waals surface area contributed by atoms with E-state index >= 15 is 0 Å². The Morgan fingerprint density at radius 1 is 0.804 bits per heavy atom. The fourth-order valence-corrected chi connectivity index (χ4v) is 5.10. The zero-order chi connectivity index (χ0) is 42.0. The first kappa shape index (κ1) is 50.4. The number of allylic oxidation sites excluding steroid dienone is 25. The van der Waals surface area contributed by atoms with Crippen LogP contribution < -0.4 is 10.6 Å². The van der Waals surface area contributed by atoms with Crippen molar-refractivity contribution >= 4 is 5.69 Å². The van der Waals surface area contributed by atoms with Gasteiger partial charge in [-0.15, -0.1) is 0 Å². The Kier molecular flexibility index (Phi) is 28.5. The zero-order valence-electron chi connectivity index (χ0n) is 36.2. The number of rotatable bonds is 17. The van der Waals surface area contributed by atoms with Gasteiger partial charge in [-0.1, -0.05) is 211 Å². The van der Waals surface area contributed by atoms with E-state index in [1.165, 1.54) is 11.1 Å². The SMILES string of the molecule is C1=CCC(/C=C\C/C=C/Nc2ccccc2)C=C1.C=C(C)/C=C\C(=C)C(=C)/C=C\C(=C)C(C)(/C=C\C=C/C)N/C(=C/C)C1=C(/C=C\C)C=CC=CC1.CC.CC. The summed E-state index contributed by atoms with van der Waals surface area (Å²) < 4.78 is 0. The highest BCUT2D eigenvalue weighted by atomic mass is 15.0. The molecule has 2 heteroatoms. The average Bonchev–Trinajstić information content (AvgIpc) is 3.47. The standard InChI is InChI=1S/C33H41N.C17H19N.2C2H6/c1-10-13-17-25-33(9,29(8)24-23-28(7)27(6)22-21-26(4)5)34-32(12-3)31-20-16-14-15-19-30(31)18-11-2;1-4-10-16(11-5-1)12-6-3-9-15-18-17-13-7-2-8-14-17;2*1-2/h10-19,21-25,34H,4,6-8,20H2,1-3,5,9H3;1-2,4-10,12-16,18H,3,11H2;2*1-2H3/b13-10-,18-11-,22-21-,24-23-,25-17-,32-12+;12-6-,15-9+;;. The number of hydrogen-bond donors (Lipinski definition) is 2. The second-order valence-corrected chi connectivity index (χ2v) is 12.7. The smallest absolute Gasteiger partial charge is 0.0778 e. The van der Waals surface area contributed by atoms with Crippen molar-refractivity contribution in [3.8, 4) is 0 Å². The predicted molar refractivity (Wildman–Crippen MR) is 257 cm³/mol. The minimum Gasteiger partial charge on any atom is -0.372 e. The van der Waals surface area contributed by atoms with Gasteiger partial charge in [0.25, 0.3) is 0 Å². The topological polar surface area (TPSA) is 24.1 Å². The Balaban J connectivity index is 0.00000115. The van der Waals surface area contributed by atoms with Crippen LogP contribution in [0.3, 0.4) is 0 Å². The quantitative estimate of drug-likeness (QED) is 0.122. The van der Waals surface area contributed by atoms with Gasteiger partial charge in [0.05, 0.1) is 5.54 Å². The summed E-state index contributed by atoms with van der Waals surface area (Å²) in [6.07, 6.45) is 51.2. The van der Waals surface area contributed by atoms with E-state index in [-0.39, 0.29) is 0 Å². The fraction of sp³-hybridized carbons (Fsp3) is 0.259. The van der Waals surface area contributed by atoms with E-state index in [0.717, 1.165) is 52.9 Å². The average molecular weight is 749 g/mol. The van der Waals surface area contributed by atoms with Gasteiger partial charge >= 0.3 is 0 Å². The summed E-state index contributed by atoms with van der Waals surface area (Å²) in [5, 5.41) is 7.01. The van der Waals surface area contributed by atoms with Crippen LogP contribution in [0.2, 0.25) is 0 Å². The molecule has 56 heavy (non-hydrogen) atoms. The van der Waals surface area contributed by atoms with Crippen molar-refractivity contribution in [1.82, 2.24) is 5.32 Å². The molecule has 2 aliphatic carbocycles. The fourth-order valence-electron chi connectivity index (χ4n) is 5.10. The molecule has 0 fully saturated rings. The molecule has 2 nitrogen and oxygen atoms in total. The van der Waals surface area contributed by atoms with Crippen LogP contribution >= 0.6 is 0 Å². The molecule has 2 N–H and O–H groups in total. The van der Waals surface area contributed by atoms with Crippen molar-refractivity contribution in [3.63, 3.8) is 0 Å². The van der Waals surface area contributed by atoms with Crippen molar-refractivity contribution < 1.29 is 0 Å². The first-order valence-corrected chi connectivity index (χ1v) is 20.1. The van der Waals surface area contributed by atoms with Crippen LogP contribution in [0.5, 0.6) is 0 Å². The molecular weight excluding hydrogens is 677 g/mol. The van der Waals surface area contributed by atoms with Crippen LogP contribution in [0.15, 0.2) is 236 Å². The molecule has 0 aliphatic heterocycles. The lowest BCUT2D eigenvalue weighted by Gasteiger charge is -2.32. The maximum absolute atomic E-state index is 4.40. The van der Waals surface area contributed by atoms with Gasteiger partial charge in [-0.3, -0.25) is 0 Å². The van der Waals surface area contributed by atoms with Gasteiger partial charge < -0.3 is 10.6 Å². The third-order valence-corrected chi connectivity index (χ3v) is 8.23. The Morgan fingerprint density at radius 2 is 1.48 bits per heavy atom. The van der Waals surface area contributed by atoms with Gasteiger partial charge in [0.15, 0.2) is 0 Å². The van der Waals surface area contributed by atoms with E-state index in [4.69, 9.17) is 0 Å². The lowest BCUT2D eigenvalue weighted by molar-refractivity contribution is 0.572. The Hall–Kier alpha value is -5.60. The molecule has 1 aromatic carbocycles.